The molecule has 1 aromatic heterocycles. The molecule has 0 aliphatic carbocycles. The number of hydrogen-bond donors (Lipinski definition) is 0. The Labute approximate surface area is 183 Å². The summed E-state index contributed by atoms with van der Waals surface area (Å²) in [5.41, 5.74) is 5.23. The van der Waals surface area contributed by atoms with E-state index in [-0.39, 0.29) is 0 Å². The van der Waals surface area contributed by atoms with Crippen LogP contribution in [0.4, 0.5) is 13.2 Å². The van der Waals surface area contributed by atoms with Gasteiger partial charge in [-0.3, -0.25) is 4.98 Å². The number of benzene rings is 4. The lowest BCUT2D eigenvalue weighted by Crippen LogP contribution is -2.03. The van der Waals surface area contributed by atoms with Crippen molar-refractivity contribution in [3.63, 3.8) is 0 Å². The molecular formula is C28H18F3N. The standard InChI is InChI=1S/C28H18F3N/c29-28(30,31)26-14-12-20(13-15-26)23-9-11-24-17-22(8-10-25(24)18-23)19-4-6-21(7-5-19)27-3-1-2-16-32-27/h1-18H. The number of alkyl halides is 3. The molecule has 0 fully saturated rings. The molecule has 4 aromatic carbocycles. The van der Waals surface area contributed by atoms with Crippen molar-refractivity contribution in [2.45, 2.75) is 6.18 Å². The van der Waals surface area contributed by atoms with Crippen molar-refractivity contribution in [3.8, 4) is 33.5 Å². The molecule has 4 heteroatoms. The zero-order chi connectivity index (χ0) is 22.1. The lowest BCUT2D eigenvalue weighted by Gasteiger charge is -2.10. The Bertz CT molecular complexity index is 1370. The van der Waals surface area contributed by atoms with Crippen LogP contribution in [0.2, 0.25) is 0 Å². The molecule has 0 aliphatic rings. The first-order valence-electron chi connectivity index (χ1n) is 10.2. The van der Waals surface area contributed by atoms with Gasteiger partial charge in [0.1, 0.15) is 0 Å². The van der Waals surface area contributed by atoms with Crippen LogP contribution in [0.1, 0.15) is 5.56 Å². The molecule has 0 saturated carbocycles. The van der Waals surface area contributed by atoms with E-state index in [1.54, 1.807) is 6.20 Å². The maximum absolute atomic E-state index is 12.8. The summed E-state index contributed by atoms with van der Waals surface area (Å²) in [6.45, 7) is 0. The predicted molar refractivity (Wildman–Crippen MR) is 123 cm³/mol. The number of fused-ring (bicyclic) bond motifs is 1. The van der Waals surface area contributed by atoms with Gasteiger partial charge >= 0.3 is 6.18 Å². The Morgan fingerprint density at radius 1 is 0.500 bits per heavy atom. The van der Waals surface area contributed by atoms with E-state index in [0.29, 0.717) is 0 Å². The number of aromatic nitrogens is 1. The first kappa shape index (κ1) is 20.0. The van der Waals surface area contributed by atoms with E-state index in [9.17, 15) is 13.2 Å². The number of halogens is 3. The van der Waals surface area contributed by atoms with E-state index >= 15 is 0 Å². The second kappa shape index (κ2) is 7.97. The van der Waals surface area contributed by atoms with E-state index in [1.165, 1.54) is 12.1 Å². The Balaban J connectivity index is 1.43. The fraction of sp³-hybridized carbons (Fsp3) is 0.0357. The van der Waals surface area contributed by atoms with Gasteiger partial charge in [-0.15, -0.1) is 0 Å². The van der Waals surface area contributed by atoms with Crippen LogP contribution in [-0.2, 0) is 6.18 Å². The van der Waals surface area contributed by atoms with Gasteiger partial charge in [0.15, 0.2) is 0 Å². The lowest BCUT2D eigenvalue weighted by atomic mass is 9.96. The molecule has 5 rings (SSSR count). The van der Waals surface area contributed by atoms with Gasteiger partial charge in [0.2, 0.25) is 0 Å². The zero-order valence-corrected chi connectivity index (χ0v) is 17.0. The normalized spacial score (nSPS) is 11.6. The van der Waals surface area contributed by atoms with Gasteiger partial charge < -0.3 is 0 Å². The molecule has 0 unspecified atom stereocenters. The van der Waals surface area contributed by atoms with Crippen LogP contribution >= 0.6 is 0 Å². The highest BCUT2D eigenvalue weighted by molar-refractivity contribution is 5.91. The molecule has 5 aromatic rings. The summed E-state index contributed by atoms with van der Waals surface area (Å²) in [7, 11) is 0. The summed E-state index contributed by atoms with van der Waals surface area (Å²) in [6.07, 6.45) is -2.54. The minimum atomic E-state index is -4.33. The molecule has 1 heterocycles. The number of hydrogen-bond acceptors (Lipinski definition) is 1. The van der Waals surface area contributed by atoms with Crippen LogP contribution in [0.5, 0.6) is 0 Å². The van der Waals surface area contributed by atoms with E-state index in [4.69, 9.17) is 0 Å². The third-order valence-corrected chi connectivity index (χ3v) is 5.56. The second-order valence-electron chi connectivity index (χ2n) is 7.64. The van der Waals surface area contributed by atoms with Gasteiger partial charge in [0.05, 0.1) is 11.3 Å². The molecule has 1 nitrogen and oxygen atoms in total. The van der Waals surface area contributed by atoms with Crippen molar-refractivity contribution in [2.24, 2.45) is 0 Å². The molecular weight excluding hydrogens is 407 g/mol. The minimum absolute atomic E-state index is 0.638. The first-order chi connectivity index (χ1) is 15.5. The highest BCUT2D eigenvalue weighted by atomic mass is 19.4. The van der Waals surface area contributed by atoms with Crippen LogP contribution in [0, 0.1) is 0 Å². The van der Waals surface area contributed by atoms with Gasteiger partial charge in [-0.25, -0.2) is 0 Å². The van der Waals surface area contributed by atoms with Crippen molar-refractivity contribution < 1.29 is 13.2 Å². The number of nitrogens with zero attached hydrogens (tertiary/aromatic N) is 1. The molecule has 156 valence electrons. The van der Waals surface area contributed by atoms with E-state index in [0.717, 1.165) is 56.4 Å². The summed E-state index contributed by atoms with van der Waals surface area (Å²) < 4.78 is 38.4. The average molecular weight is 425 g/mol. The maximum Gasteiger partial charge on any atom is 0.416 e. The monoisotopic (exact) mass is 425 g/mol. The fourth-order valence-electron chi connectivity index (χ4n) is 3.82. The average Bonchev–Trinajstić information content (AvgIpc) is 2.83. The molecule has 0 radical (unpaired) electrons. The Morgan fingerprint density at radius 3 is 1.50 bits per heavy atom. The molecule has 0 aliphatic heterocycles. The van der Waals surface area contributed by atoms with Crippen molar-refractivity contribution in [1.29, 1.82) is 0 Å². The quantitative estimate of drug-likeness (QED) is 0.284. The zero-order valence-electron chi connectivity index (χ0n) is 17.0. The first-order valence-corrected chi connectivity index (χ1v) is 10.2. The van der Waals surface area contributed by atoms with Crippen LogP contribution in [0.25, 0.3) is 44.3 Å². The molecule has 0 atom stereocenters. The molecule has 0 spiro atoms. The van der Waals surface area contributed by atoms with Gasteiger partial charge in [-0.05, 0) is 69.4 Å². The maximum atomic E-state index is 12.8. The smallest absolute Gasteiger partial charge is 0.256 e. The van der Waals surface area contributed by atoms with Gasteiger partial charge in [-0.1, -0.05) is 66.7 Å². The largest absolute Gasteiger partial charge is 0.416 e. The van der Waals surface area contributed by atoms with E-state index < -0.39 is 11.7 Å². The predicted octanol–water partition coefficient (Wildman–Crippen LogP) is 8.25. The third kappa shape index (κ3) is 4.00. The van der Waals surface area contributed by atoms with Gasteiger partial charge in [-0.2, -0.15) is 13.2 Å². The molecule has 0 saturated heterocycles. The van der Waals surface area contributed by atoms with Crippen molar-refractivity contribution in [3.05, 3.63) is 115 Å². The summed E-state index contributed by atoms with van der Waals surface area (Å²) in [4.78, 5) is 4.39. The van der Waals surface area contributed by atoms with Crippen LogP contribution < -0.4 is 0 Å². The highest BCUT2D eigenvalue weighted by Gasteiger charge is 2.29. The third-order valence-electron chi connectivity index (χ3n) is 5.56. The van der Waals surface area contributed by atoms with Crippen molar-refractivity contribution in [1.82, 2.24) is 4.98 Å². The van der Waals surface area contributed by atoms with Crippen LogP contribution in [0.15, 0.2) is 109 Å². The Kier molecular flexibility index (Phi) is 4.98. The lowest BCUT2D eigenvalue weighted by molar-refractivity contribution is -0.137. The minimum Gasteiger partial charge on any atom is -0.256 e. The van der Waals surface area contributed by atoms with Crippen molar-refractivity contribution in [2.75, 3.05) is 0 Å². The van der Waals surface area contributed by atoms with Gasteiger partial charge in [0.25, 0.3) is 0 Å². The highest BCUT2D eigenvalue weighted by Crippen LogP contribution is 2.33. The van der Waals surface area contributed by atoms with E-state index in [2.05, 4.69) is 41.4 Å². The molecule has 0 N–H and O–H groups in total. The molecule has 0 bridgehead atoms. The summed E-state index contributed by atoms with van der Waals surface area (Å²) in [5.74, 6) is 0. The second-order valence-corrected chi connectivity index (χ2v) is 7.64. The number of rotatable bonds is 3. The fourth-order valence-corrected chi connectivity index (χ4v) is 3.82. The van der Waals surface area contributed by atoms with Gasteiger partial charge in [0, 0.05) is 11.8 Å². The van der Waals surface area contributed by atoms with Crippen molar-refractivity contribution >= 4 is 10.8 Å². The topological polar surface area (TPSA) is 12.9 Å². The number of pyridine rings is 1. The Morgan fingerprint density at radius 2 is 1.00 bits per heavy atom. The molecule has 32 heavy (non-hydrogen) atoms. The SMILES string of the molecule is FC(F)(F)c1ccc(-c2ccc3cc(-c4ccc(-c5ccccn5)cc4)ccc3c2)cc1. The van der Waals surface area contributed by atoms with Crippen LogP contribution in [-0.4, -0.2) is 4.98 Å². The summed E-state index contributed by atoms with van der Waals surface area (Å²) in [6, 6.07) is 31.6. The summed E-state index contributed by atoms with van der Waals surface area (Å²) >= 11 is 0. The summed E-state index contributed by atoms with van der Waals surface area (Å²) in [5, 5.41) is 2.11. The molecule has 0 amide bonds. The van der Waals surface area contributed by atoms with E-state index in [1.807, 2.05) is 42.5 Å². The van der Waals surface area contributed by atoms with Crippen LogP contribution in [0.3, 0.4) is 0 Å². The Hall–Kier alpha value is -3.92.